The highest BCUT2D eigenvalue weighted by molar-refractivity contribution is 5.65. The van der Waals surface area contributed by atoms with Crippen LogP contribution in [0.3, 0.4) is 0 Å². The molecule has 0 radical (unpaired) electrons. The molecule has 1 aliphatic heterocycles. The first-order valence-corrected chi connectivity index (χ1v) is 6.64. The van der Waals surface area contributed by atoms with E-state index in [2.05, 4.69) is 30.0 Å². The van der Waals surface area contributed by atoms with Gasteiger partial charge in [0.25, 0.3) is 0 Å². The summed E-state index contributed by atoms with van der Waals surface area (Å²) in [5, 5.41) is 8.93. The zero-order valence-corrected chi connectivity index (χ0v) is 11.3. The molecule has 0 atom stereocenters. The Bertz CT molecular complexity index is 454. The highest BCUT2D eigenvalue weighted by atomic mass is 16.4. The molecule has 1 saturated heterocycles. The second-order valence-electron chi connectivity index (χ2n) is 4.91. The van der Waals surface area contributed by atoms with Crippen LogP contribution in [0.15, 0.2) is 18.2 Å². The Balaban J connectivity index is 2.03. The quantitative estimate of drug-likeness (QED) is 0.862. The molecule has 0 saturated carbocycles. The lowest BCUT2D eigenvalue weighted by Gasteiger charge is -2.34. The molecule has 0 aromatic heterocycles. The van der Waals surface area contributed by atoms with Crippen molar-refractivity contribution in [3.63, 3.8) is 0 Å². The van der Waals surface area contributed by atoms with Gasteiger partial charge in [-0.05, 0) is 43.1 Å². The van der Waals surface area contributed by atoms with Gasteiger partial charge in [-0.15, -0.1) is 0 Å². The number of rotatable bonds is 3. The highest BCUT2D eigenvalue weighted by Gasteiger charge is 2.20. The van der Waals surface area contributed by atoms with Crippen LogP contribution in [-0.2, 0) is 6.42 Å². The molecule has 1 aromatic rings. The Morgan fingerprint density at radius 3 is 2.53 bits per heavy atom. The highest BCUT2D eigenvalue weighted by Crippen LogP contribution is 2.21. The molecular formula is C14H21N3O2. The molecular weight excluding hydrogens is 242 g/mol. The van der Waals surface area contributed by atoms with E-state index in [4.69, 9.17) is 10.8 Å². The van der Waals surface area contributed by atoms with Crippen molar-refractivity contribution in [3.8, 4) is 0 Å². The fraction of sp³-hybridized carbons (Fsp3) is 0.500. The zero-order chi connectivity index (χ0) is 13.8. The fourth-order valence-electron chi connectivity index (χ4n) is 2.47. The Kier molecular flexibility index (Phi) is 4.27. The van der Waals surface area contributed by atoms with Gasteiger partial charge in [-0.1, -0.05) is 6.07 Å². The van der Waals surface area contributed by atoms with Gasteiger partial charge in [0.2, 0.25) is 0 Å². The van der Waals surface area contributed by atoms with E-state index in [1.165, 1.54) is 21.7 Å². The van der Waals surface area contributed by atoms with Crippen LogP contribution in [0.2, 0.25) is 0 Å². The Hall–Kier alpha value is -1.75. The number of amides is 1. The van der Waals surface area contributed by atoms with Gasteiger partial charge >= 0.3 is 6.09 Å². The number of benzene rings is 1. The monoisotopic (exact) mass is 263 g/mol. The number of nitrogens with zero attached hydrogens (tertiary/aromatic N) is 2. The molecule has 1 amide bonds. The van der Waals surface area contributed by atoms with Gasteiger partial charge in [0.05, 0.1) is 0 Å². The predicted molar refractivity (Wildman–Crippen MR) is 75.7 cm³/mol. The number of piperazine rings is 1. The second kappa shape index (κ2) is 5.93. The SMILES string of the molecule is Cc1cc(N2CCN(C(=O)O)CC2)ccc1CCN. The van der Waals surface area contributed by atoms with Crippen molar-refractivity contribution in [2.24, 2.45) is 5.73 Å². The lowest BCUT2D eigenvalue weighted by molar-refractivity contribution is 0.142. The van der Waals surface area contributed by atoms with Crippen LogP contribution in [0, 0.1) is 6.92 Å². The summed E-state index contributed by atoms with van der Waals surface area (Å²) in [5.74, 6) is 0. The minimum Gasteiger partial charge on any atom is -0.465 e. The maximum Gasteiger partial charge on any atom is 0.407 e. The van der Waals surface area contributed by atoms with Gasteiger partial charge in [0, 0.05) is 31.9 Å². The molecule has 0 bridgehead atoms. The molecule has 3 N–H and O–H groups in total. The molecule has 0 unspecified atom stereocenters. The van der Waals surface area contributed by atoms with Gasteiger partial charge in [-0.3, -0.25) is 0 Å². The second-order valence-corrected chi connectivity index (χ2v) is 4.91. The maximum absolute atomic E-state index is 10.9. The number of anilines is 1. The Labute approximate surface area is 113 Å². The van der Waals surface area contributed by atoms with Crippen LogP contribution in [0.1, 0.15) is 11.1 Å². The van der Waals surface area contributed by atoms with Gasteiger partial charge in [-0.25, -0.2) is 4.79 Å². The molecule has 104 valence electrons. The van der Waals surface area contributed by atoms with E-state index < -0.39 is 6.09 Å². The Morgan fingerprint density at radius 2 is 2.00 bits per heavy atom. The number of nitrogens with two attached hydrogens (primary N) is 1. The predicted octanol–water partition coefficient (Wildman–Crippen LogP) is 1.30. The van der Waals surface area contributed by atoms with Crippen molar-refractivity contribution < 1.29 is 9.90 Å². The van der Waals surface area contributed by atoms with Crippen molar-refractivity contribution in [3.05, 3.63) is 29.3 Å². The third kappa shape index (κ3) is 3.17. The van der Waals surface area contributed by atoms with Gasteiger partial charge in [0.15, 0.2) is 0 Å². The summed E-state index contributed by atoms with van der Waals surface area (Å²) in [6.45, 7) is 5.40. The van der Waals surface area contributed by atoms with Crippen LogP contribution in [-0.4, -0.2) is 48.8 Å². The summed E-state index contributed by atoms with van der Waals surface area (Å²) in [6.07, 6.45) is 0.0768. The van der Waals surface area contributed by atoms with Crippen LogP contribution < -0.4 is 10.6 Å². The summed E-state index contributed by atoms with van der Waals surface area (Å²) in [7, 11) is 0. The van der Waals surface area contributed by atoms with Gasteiger partial charge in [-0.2, -0.15) is 0 Å². The molecule has 5 nitrogen and oxygen atoms in total. The summed E-state index contributed by atoms with van der Waals surface area (Å²) < 4.78 is 0. The van der Waals surface area contributed by atoms with Crippen molar-refractivity contribution >= 4 is 11.8 Å². The molecule has 2 rings (SSSR count). The van der Waals surface area contributed by atoms with Crippen LogP contribution in [0.25, 0.3) is 0 Å². The smallest absolute Gasteiger partial charge is 0.407 e. The third-order valence-electron chi connectivity index (χ3n) is 3.66. The summed E-state index contributed by atoms with van der Waals surface area (Å²) in [5.41, 5.74) is 9.29. The number of carboxylic acid groups (broad SMARTS) is 1. The topological polar surface area (TPSA) is 69.8 Å². The van der Waals surface area contributed by atoms with Crippen molar-refractivity contribution in [2.75, 3.05) is 37.6 Å². The van der Waals surface area contributed by atoms with E-state index in [9.17, 15) is 4.79 Å². The van der Waals surface area contributed by atoms with Crippen LogP contribution >= 0.6 is 0 Å². The van der Waals surface area contributed by atoms with Crippen LogP contribution in [0.4, 0.5) is 10.5 Å². The minimum absolute atomic E-state index is 0.568. The van der Waals surface area contributed by atoms with Gasteiger partial charge in [0.1, 0.15) is 0 Å². The molecule has 1 fully saturated rings. The van der Waals surface area contributed by atoms with Crippen molar-refractivity contribution in [2.45, 2.75) is 13.3 Å². The molecule has 5 heteroatoms. The average Bonchev–Trinajstić information content (AvgIpc) is 2.41. The van der Waals surface area contributed by atoms with E-state index in [0.717, 1.165) is 19.5 Å². The number of carbonyl (C=O) groups is 1. The van der Waals surface area contributed by atoms with E-state index in [1.54, 1.807) is 0 Å². The normalized spacial score (nSPS) is 15.7. The van der Waals surface area contributed by atoms with Crippen molar-refractivity contribution in [1.29, 1.82) is 0 Å². The number of aryl methyl sites for hydroxylation is 1. The van der Waals surface area contributed by atoms with E-state index in [0.29, 0.717) is 19.6 Å². The molecule has 1 aliphatic rings. The zero-order valence-electron chi connectivity index (χ0n) is 11.3. The van der Waals surface area contributed by atoms with E-state index in [1.807, 2.05) is 0 Å². The first-order valence-electron chi connectivity index (χ1n) is 6.64. The maximum atomic E-state index is 10.9. The largest absolute Gasteiger partial charge is 0.465 e. The standard InChI is InChI=1S/C14H21N3O2/c1-11-10-13(3-2-12(11)4-5-15)16-6-8-17(9-7-16)14(18)19/h2-3,10H,4-9,15H2,1H3,(H,18,19). The van der Waals surface area contributed by atoms with Gasteiger partial charge < -0.3 is 20.6 Å². The lowest BCUT2D eigenvalue weighted by Crippen LogP contribution is -2.48. The van der Waals surface area contributed by atoms with Crippen molar-refractivity contribution in [1.82, 2.24) is 4.90 Å². The van der Waals surface area contributed by atoms with E-state index >= 15 is 0 Å². The molecule has 1 heterocycles. The van der Waals surface area contributed by atoms with E-state index in [-0.39, 0.29) is 0 Å². The first-order chi connectivity index (χ1) is 9.11. The number of hydrogen-bond donors (Lipinski definition) is 2. The average molecular weight is 263 g/mol. The summed E-state index contributed by atoms with van der Waals surface area (Å²) in [6, 6.07) is 6.40. The first kappa shape index (κ1) is 13.7. The molecule has 0 spiro atoms. The minimum atomic E-state index is -0.825. The molecule has 1 aromatic carbocycles. The molecule has 19 heavy (non-hydrogen) atoms. The number of hydrogen-bond acceptors (Lipinski definition) is 3. The Morgan fingerprint density at radius 1 is 1.32 bits per heavy atom. The summed E-state index contributed by atoms with van der Waals surface area (Å²) in [4.78, 5) is 14.6. The fourth-order valence-corrected chi connectivity index (χ4v) is 2.47. The third-order valence-corrected chi connectivity index (χ3v) is 3.66. The molecule has 0 aliphatic carbocycles. The summed E-state index contributed by atoms with van der Waals surface area (Å²) >= 11 is 0. The van der Waals surface area contributed by atoms with Crippen LogP contribution in [0.5, 0.6) is 0 Å². The lowest BCUT2D eigenvalue weighted by atomic mass is 10.0.